The summed E-state index contributed by atoms with van der Waals surface area (Å²) in [6.07, 6.45) is 1.00. The number of carbonyl (C=O) groups excluding carboxylic acids is 1. The van der Waals surface area contributed by atoms with Gasteiger partial charge in [-0.3, -0.25) is 4.79 Å². The van der Waals surface area contributed by atoms with E-state index >= 15 is 0 Å². The first kappa shape index (κ1) is 16.5. The minimum atomic E-state index is -0.415. The van der Waals surface area contributed by atoms with Gasteiger partial charge in [0.25, 0.3) is 0 Å². The maximum Gasteiger partial charge on any atom is 0.223 e. The predicted octanol–water partition coefficient (Wildman–Crippen LogP) is 4.17. The topological polar surface area (TPSA) is 38.3 Å². The highest BCUT2D eigenvalue weighted by Gasteiger charge is 2.06. The second kappa shape index (κ2) is 7.93. The highest BCUT2D eigenvalue weighted by Crippen LogP contribution is 2.25. The third-order valence-electron chi connectivity index (χ3n) is 3.70. The molecule has 0 saturated heterocycles. The van der Waals surface area contributed by atoms with Crippen LogP contribution in [0, 0.1) is 5.82 Å². The molecule has 3 aromatic rings. The van der Waals surface area contributed by atoms with E-state index in [1.165, 1.54) is 21.7 Å². The Bertz CT molecular complexity index is 831. The summed E-state index contributed by atoms with van der Waals surface area (Å²) in [6.45, 7) is 0.743. The van der Waals surface area contributed by atoms with Crippen LogP contribution in [0.5, 0.6) is 5.75 Å². The van der Waals surface area contributed by atoms with Gasteiger partial charge in [-0.2, -0.15) is 0 Å². The number of hydrogen-bond donors (Lipinski definition) is 1. The lowest BCUT2D eigenvalue weighted by Crippen LogP contribution is -2.27. The van der Waals surface area contributed by atoms with Crippen LogP contribution in [0.1, 0.15) is 12.0 Å². The molecule has 5 heteroatoms. The average Bonchev–Trinajstić information content (AvgIpc) is 3.00. The first-order valence-electron chi connectivity index (χ1n) is 7.83. The largest absolute Gasteiger partial charge is 0.490 e. The fourth-order valence-electron chi connectivity index (χ4n) is 2.47. The highest BCUT2D eigenvalue weighted by atomic mass is 32.1. The Labute approximate surface area is 144 Å². The van der Waals surface area contributed by atoms with Crippen molar-refractivity contribution in [3.63, 3.8) is 0 Å². The maximum absolute atomic E-state index is 13.4. The van der Waals surface area contributed by atoms with Crippen molar-refractivity contribution in [2.24, 2.45) is 0 Å². The number of nitrogens with one attached hydrogen (secondary N) is 1. The molecular formula is C19H18FNO2S. The Morgan fingerprint density at radius 2 is 1.92 bits per heavy atom. The van der Waals surface area contributed by atoms with Gasteiger partial charge in [-0.1, -0.05) is 30.3 Å². The predicted molar refractivity (Wildman–Crippen MR) is 95.1 cm³/mol. The molecule has 1 amide bonds. The quantitative estimate of drug-likeness (QED) is 0.699. The van der Waals surface area contributed by atoms with E-state index in [2.05, 4.69) is 22.8 Å². The normalized spacial score (nSPS) is 10.7. The Kier molecular flexibility index (Phi) is 5.43. The van der Waals surface area contributed by atoms with Crippen LogP contribution in [0.4, 0.5) is 4.39 Å². The number of benzene rings is 2. The van der Waals surface area contributed by atoms with Gasteiger partial charge >= 0.3 is 0 Å². The number of fused-ring (bicyclic) bond motifs is 1. The van der Waals surface area contributed by atoms with Crippen molar-refractivity contribution in [2.45, 2.75) is 12.8 Å². The SMILES string of the molecule is O=C(CCOc1ccccc1F)NCCc1csc2ccccc12. The highest BCUT2D eigenvalue weighted by molar-refractivity contribution is 7.17. The Balaban J connectivity index is 1.41. The summed E-state index contributed by atoms with van der Waals surface area (Å²) >= 11 is 1.72. The molecule has 0 aliphatic carbocycles. The molecule has 0 atom stereocenters. The van der Waals surface area contributed by atoms with Gasteiger partial charge < -0.3 is 10.1 Å². The summed E-state index contributed by atoms with van der Waals surface area (Å²) in [5.74, 6) is -0.330. The number of para-hydroxylation sites is 1. The summed E-state index contributed by atoms with van der Waals surface area (Å²) in [5, 5.41) is 6.27. The van der Waals surface area contributed by atoms with Gasteiger partial charge in [0.2, 0.25) is 5.91 Å². The van der Waals surface area contributed by atoms with Crippen LogP contribution in [0.3, 0.4) is 0 Å². The lowest BCUT2D eigenvalue weighted by Gasteiger charge is -2.08. The molecule has 0 unspecified atom stereocenters. The molecule has 1 heterocycles. The standard InChI is InChI=1S/C19H18FNO2S/c20-16-6-2-3-7-17(16)23-12-10-19(22)21-11-9-14-13-24-18-8-4-1-5-15(14)18/h1-8,13H,9-12H2,(H,21,22). The molecule has 0 aliphatic heterocycles. The van der Waals surface area contributed by atoms with Crippen molar-refractivity contribution >= 4 is 27.3 Å². The monoisotopic (exact) mass is 343 g/mol. The second-order valence-electron chi connectivity index (χ2n) is 5.39. The maximum atomic E-state index is 13.4. The van der Waals surface area contributed by atoms with E-state index in [9.17, 15) is 9.18 Å². The zero-order valence-electron chi connectivity index (χ0n) is 13.1. The molecule has 3 nitrogen and oxygen atoms in total. The summed E-state index contributed by atoms with van der Waals surface area (Å²) in [5.41, 5.74) is 1.25. The molecule has 3 rings (SSSR count). The van der Waals surface area contributed by atoms with Gasteiger partial charge in [-0.05, 0) is 40.9 Å². The van der Waals surface area contributed by atoms with E-state index < -0.39 is 5.82 Å². The van der Waals surface area contributed by atoms with E-state index in [1.807, 2.05) is 12.1 Å². The number of amides is 1. The first-order chi connectivity index (χ1) is 11.7. The van der Waals surface area contributed by atoms with E-state index in [1.54, 1.807) is 29.5 Å². The van der Waals surface area contributed by atoms with Crippen molar-refractivity contribution in [2.75, 3.05) is 13.2 Å². The van der Waals surface area contributed by atoms with Crippen LogP contribution in [0.15, 0.2) is 53.9 Å². The van der Waals surface area contributed by atoms with Crippen LogP contribution in [-0.4, -0.2) is 19.1 Å². The van der Waals surface area contributed by atoms with Crippen LogP contribution in [0.25, 0.3) is 10.1 Å². The van der Waals surface area contributed by atoms with Crippen LogP contribution >= 0.6 is 11.3 Å². The van der Waals surface area contributed by atoms with Crippen LogP contribution in [0.2, 0.25) is 0 Å². The molecule has 0 saturated carbocycles. The third-order valence-corrected chi connectivity index (χ3v) is 4.71. The van der Waals surface area contributed by atoms with E-state index in [0.29, 0.717) is 6.54 Å². The van der Waals surface area contributed by atoms with Crippen molar-refractivity contribution in [3.05, 3.63) is 65.3 Å². The third kappa shape index (κ3) is 4.11. The molecule has 0 spiro atoms. The van der Waals surface area contributed by atoms with E-state index in [-0.39, 0.29) is 24.7 Å². The number of rotatable bonds is 7. The molecule has 0 fully saturated rings. The van der Waals surface area contributed by atoms with Crippen LogP contribution < -0.4 is 10.1 Å². The zero-order chi connectivity index (χ0) is 16.8. The summed E-state index contributed by atoms with van der Waals surface area (Å²) in [6, 6.07) is 14.4. The average molecular weight is 343 g/mol. The molecule has 0 aliphatic rings. The van der Waals surface area contributed by atoms with Gasteiger partial charge in [0.15, 0.2) is 11.6 Å². The molecule has 1 aromatic heterocycles. The number of halogens is 1. The minimum absolute atomic E-state index is 0.0918. The lowest BCUT2D eigenvalue weighted by molar-refractivity contribution is -0.121. The Hall–Kier alpha value is -2.40. The number of ether oxygens (including phenoxy) is 1. The fourth-order valence-corrected chi connectivity index (χ4v) is 3.46. The van der Waals surface area contributed by atoms with E-state index in [4.69, 9.17) is 4.74 Å². The molecule has 1 N–H and O–H groups in total. The fraction of sp³-hybridized carbons (Fsp3) is 0.211. The summed E-state index contributed by atoms with van der Waals surface area (Å²) < 4.78 is 19.9. The molecule has 0 bridgehead atoms. The van der Waals surface area contributed by atoms with Crippen molar-refractivity contribution < 1.29 is 13.9 Å². The molecule has 124 valence electrons. The van der Waals surface area contributed by atoms with Crippen LogP contribution in [-0.2, 0) is 11.2 Å². The minimum Gasteiger partial charge on any atom is -0.490 e. The number of hydrogen-bond acceptors (Lipinski definition) is 3. The first-order valence-corrected chi connectivity index (χ1v) is 8.71. The number of carbonyl (C=O) groups is 1. The van der Waals surface area contributed by atoms with Gasteiger partial charge in [0.1, 0.15) is 0 Å². The van der Waals surface area contributed by atoms with Crippen molar-refractivity contribution in [1.29, 1.82) is 0 Å². The smallest absolute Gasteiger partial charge is 0.223 e. The second-order valence-corrected chi connectivity index (χ2v) is 6.30. The molecule has 0 radical (unpaired) electrons. The van der Waals surface area contributed by atoms with Gasteiger partial charge in [-0.25, -0.2) is 4.39 Å². The van der Waals surface area contributed by atoms with Crippen molar-refractivity contribution in [1.82, 2.24) is 5.32 Å². The Morgan fingerprint density at radius 3 is 2.79 bits per heavy atom. The molecular weight excluding hydrogens is 325 g/mol. The van der Waals surface area contributed by atoms with Gasteiger partial charge in [-0.15, -0.1) is 11.3 Å². The summed E-state index contributed by atoms with van der Waals surface area (Å²) in [4.78, 5) is 11.8. The lowest BCUT2D eigenvalue weighted by atomic mass is 10.1. The van der Waals surface area contributed by atoms with Gasteiger partial charge in [0, 0.05) is 11.2 Å². The van der Waals surface area contributed by atoms with Gasteiger partial charge in [0.05, 0.1) is 13.0 Å². The van der Waals surface area contributed by atoms with E-state index in [0.717, 1.165) is 6.42 Å². The zero-order valence-corrected chi connectivity index (χ0v) is 13.9. The Morgan fingerprint density at radius 1 is 1.12 bits per heavy atom. The summed E-state index contributed by atoms with van der Waals surface area (Å²) in [7, 11) is 0. The molecule has 2 aromatic carbocycles. The molecule has 24 heavy (non-hydrogen) atoms. The number of thiophene rings is 1. The van der Waals surface area contributed by atoms with Crippen molar-refractivity contribution in [3.8, 4) is 5.75 Å².